The van der Waals surface area contributed by atoms with Crippen LogP contribution in [-0.2, 0) is 11.2 Å². The number of fused-ring (bicyclic) bond motifs is 1. The molecule has 4 heteroatoms. The Balaban J connectivity index is 2.54. The zero-order valence-electron chi connectivity index (χ0n) is 7.88. The fourth-order valence-electron chi connectivity index (χ4n) is 1.80. The highest BCUT2D eigenvalue weighted by atomic mass is 19.1. The number of nitrogens with two attached hydrogens (primary N) is 1. The topological polar surface area (TPSA) is 46.3 Å². The Bertz CT molecular complexity index is 403. The van der Waals surface area contributed by atoms with Gasteiger partial charge in [-0.2, -0.15) is 0 Å². The molecule has 1 aromatic carbocycles. The Morgan fingerprint density at radius 3 is 2.93 bits per heavy atom. The van der Waals surface area contributed by atoms with E-state index in [1.54, 1.807) is 11.0 Å². The maximum atomic E-state index is 13.4. The number of halogens is 1. The number of rotatable bonds is 0. The Hall–Kier alpha value is -1.58. The van der Waals surface area contributed by atoms with Crippen LogP contribution in [0.15, 0.2) is 12.1 Å². The molecule has 0 atom stereocenters. The van der Waals surface area contributed by atoms with E-state index in [1.807, 2.05) is 0 Å². The van der Waals surface area contributed by atoms with Crippen LogP contribution in [0, 0.1) is 5.82 Å². The van der Waals surface area contributed by atoms with Gasteiger partial charge in [0.15, 0.2) is 0 Å². The molecule has 0 fully saturated rings. The standard InChI is InChI=1S/C10H11FN2O/c1-6(14)13-3-2-8-9(11)4-7(12)5-10(8)13/h4-5H,2-3,12H2,1H3. The van der Waals surface area contributed by atoms with Gasteiger partial charge in [-0.05, 0) is 18.6 Å². The first-order valence-electron chi connectivity index (χ1n) is 4.45. The van der Waals surface area contributed by atoms with Gasteiger partial charge >= 0.3 is 0 Å². The molecule has 74 valence electrons. The van der Waals surface area contributed by atoms with Crippen molar-refractivity contribution in [2.75, 3.05) is 17.2 Å². The molecule has 1 aliphatic heterocycles. The Morgan fingerprint density at radius 1 is 1.57 bits per heavy atom. The van der Waals surface area contributed by atoms with Gasteiger partial charge in [0.25, 0.3) is 0 Å². The van der Waals surface area contributed by atoms with Crippen LogP contribution >= 0.6 is 0 Å². The number of benzene rings is 1. The molecule has 1 amide bonds. The van der Waals surface area contributed by atoms with E-state index in [9.17, 15) is 9.18 Å². The lowest BCUT2D eigenvalue weighted by Gasteiger charge is -2.14. The number of nitrogens with zero attached hydrogens (tertiary/aromatic N) is 1. The van der Waals surface area contributed by atoms with E-state index in [-0.39, 0.29) is 11.7 Å². The second-order valence-corrected chi connectivity index (χ2v) is 3.42. The molecular formula is C10H11FN2O. The first-order chi connectivity index (χ1) is 6.59. The van der Waals surface area contributed by atoms with Gasteiger partial charge in [0.2, 0.25) is 5.91 Å². The number of amides is 1. The summed E-state index contributed by atoms with van der Waals surface area (Å²) in [6.45, 7) is 2.02. The number of carbonyl (C=O) groups is 1. The average molecular weight is 194 g/mol. The van der Waals surface area contributed by atoms with Crippen molar-refractivity contribution < 1.29 is 9.18 Å². The SMILES string of the molecule is CC(=O)N1CCc2c(F)cc(N)cc21. The third-order valence-corrected chi connectivity index (χ3v) is 2.45. The summed E-state index contributed by atoms with van der Waals surface area (Å²) in [5.74, 6) is -0.391. The van der Waals surface area contributed by atoms with Gasteiger partial charge in [0.1, 0.15) is 5.82 Å². The van der Waals surface area contributed by atoms with Crippen molar-refractivity contribution in [3.8, 4) is 0 Å². The normalized spacial score (nSPS) is 14.3. The zero-order chi connectivity index (χ0) is 10.3. The van der Waals surface area contributed by atoms with Crippen LogP contribution in [0.1, 0.15) is 12.5 Å². The second kappa shape index (κ2) is 2.97. The minimum absolute atomic E-state index is 0.0752. The van der Waals surface area contributed by atoms with Gasteiger partial charge in [-0.25, -0.2) is 4.39 Å². The maximum Gasteiger partial charge on any atom is 0.223 e. The Morgan fingerprint density at radius 2 is 2.29 bits per heavy atom. The minimum atomic E-state index is -0.316. The summed E-state index contributed by atoms with van der Waals surface area (Å²) in [5.41, 5.74) is 7.08. The minimum Gasteiger partial charge on any atom is -0.399 e. The van der Waals surface area contributed by atoms with Crippen LogP contribution in [-0.4, -0.2) is 12.5 Å². The van der Waals surface area contributed by atoms with Crippen molar-refractivity contribution in [1.29, 1.82) is 0 Å². The van der Waals surface area contributed by atoms with Gasteiger partial charge in [-0.15, -0.1) is 0 Å². The molecule has 0 saturated heterocycles. The third-order valence-electron chi connectivity index (χ3n) is 2.45. The molecule has 14 heavy (non-hydrogen) atoms. The molecule has 2 rings (SSSR count). The fourth-order valence-corrected chi connectivity index (χ4v) is 1.80. The van der Waals surface area contributed by atoms with Crippen molar-refractivity contribution in [3.63, 3.8) is 0 Å². The van der Waals surface area contributed by atoms with E-state index in [4.69, 9.17) is 5.73 Å². The predicted octanol–water partition coefficient (Wildman–Crippen LogP) is 1.32. The molecule has 0 unspecified atom stereocenters. The lowest BCUT2D eigenvalue weighted by molar-refractivity contribution is -0.116. The van der Waals surface area contributed by atoms with E-state index in [1.165, 1.54) is 13.0 Å². The number of nitrogen functional groups attached to an aromatic ring is 1. The molecule has 1 aromatic rings. The first kappa shape index (κ1) is 8.99. The summed E-state index contributed by atoms with van der Waals surface area (Å²) >= 11 is 0. The molecule has 1 aliphatic rings. The molecule has 0 aromatic heterocycles. The summed E-state index contributed by atoms with van der Waals surface area (Å²) in [6, 6.07) is 2.94. The van der Waals surface area contributed by atoms with Gasteiger partial charge < -0.3 is 10.6 Å². The summed E-state index contributed by atoms with van der Waals surface area (Å²) < 4.78 is 13.4. The molecule has 1 heterocycles. The van der Waals surface area contributed by atoms with Crippen LogP contribution in [0.5, 0.6) is 0 Å². The molecule has 0 saturated carbocycles. The van der Waals surface area contributed by atoms with Crippen molar-refractivity contribution in [2.24, 2.45) is 0 Å². The summed E-state index contributed by atoms with van der Waals surface area (Å²) in [6.07, 6.45) is 0.570. The first-order valence-corrected chi connectivity index (χ1v) is 4.45. The third kappa shape index (κ3) is 1.23. The Labute approximate surface area is 81.3 Å². The highest BCUT2D eigenvalue weighted by molar-refractivity contribution is 5.94. The van der Waals surface area contributed by atoms with Crippen LogP contribution in [0.3, 0.4) is 0 Å². The van der Waals surface area contributed by atoms with Gasteiger partial charge in [0.05, 0.1) is 5.69 Å². The van der Waals surface area contributed by atoms with Crippen molar-refractivity contribution in [1.82, 2.24) is 0 Å². The van der Waals surface area contributed by atoms with Crippen LogP contribution in [0.2, 0.25) is 0 Å². The molecule has 0 spiro atoms. The molecular weight excluding hydrogens is 183 g/mol. The lowest BCUT2D eigenvalue weighted by Crippen LogP contribution is -2.25. The average Bonchev–Trinajstić information content (AvgIpc) is 2.47. The van der Waals surface area contributed by atoms with Crippen molar-refractivity contribution in [2.45, 2.75) is 13.3 Å². The molecule has 3 nitrogen and oxygen atoms in total. The predicted molar refractivity (Wildman–Crippen MR) is 52.5 cm³/mol. The van der Waals surface area contributed by atoms with E-state index in [2.05, 4.69) is 0 Å². The summed E-state index contributed by atoms with van der Waals surface area (Å²) in [4.78, 5) is 12.7. The van der Waals surface area contributed by atoms with Crippen molar-refractivity contribution in [3.05, 3.63) is 23.5 Å². The number of carbonyl (C=O) groups excluding carboxylic acids is 1. The van der Waals surface area contributed by atoms with Crippen LogP contribution in [0.4, 0.5) is 15.8 Å². The fraction of sp³-hybridized carbons (Fsp3) is 0.300. The number of hydrogen-bond donors (Lipinski definition) is 1. The zero-order valence-corrected chi connectivity index (χ0v) is 7.88. The summed E-state index contributed by atoms with van der Waals surface area (Å²) in [7, 11) is 0. The highest BCUT2D eigenvalue weighted by Crippen LogP contribution is 2.32. The molecule has 0 bridgehead atoms. The van der Waals surface area contributed by atoms with E-state index in [0.717, 1.165) is 0 Å². The van der Waals surface area contributed by atoms with Gasteiger partial charge in [0, 0.05) is 24.7 Å². The molecule has 0 radical (unpaired) electrons. The molecule has 0 aliphatic carbocycles. The van der Waals surface area contributed by atoms with Crippen LogP contribution < -0.4 is 10.6 Å². The smallest absolute Gasteiger partial charge is 0.223 e. The van der Waals surface area contributed by atoms with E-state index >= 15 is 0 Å². The largest absolute Gasteiger partial charge is 0.399 e. The van der Waals surface area contributed by atoms with Gasteiger partial charge in [-0.3, -0.25) is 4.79 Å². The van der Waals surface area contributed by atoms with Crippen LogP contribution in [0.25, 0.3) is 0 Å². The van der Waals surface area contributed by atoms with E-state index < -0.39 is 0 Å². The van der Waals surface area contributed by atoms with Gasteiger partial charge in [-0.1, -0.05) is 0 Å². The number of anilines is 2. The van der Waals surface area contributed by atoms with E-state index in [0.29, 0.717) is 29.9 Å². The van der Waals surface area contributed by atoms with Crippen molar-refractivity contribution >= 4 is 17.3 Å². The maximum absolute atomic E-state index is 13.4. The second-order valence-electron chi connectivity index (χ2n) is 3.42. The lowest BCUT2D eigenvalue weighted by atomic mass is 10.1. The monoisotopic (exact) mass is 194 g/mol. The molecule has 2 N–H and O–H groups in total. The number of hydrogen-bond acceptors (Lipinski definition) is 2. The quantitative estimate of drug-likeness (QED) is 0.633. The summed E-state index contributed by atoms with van der Waals surface area (Å²) in [5, 5.41) is 0. The highest BCUT2D eigenvalue weighted by Gasteiger charge is 2.25. The Kier molecular flexibility index (Phi) is 1.91.